The van der Waals surface area contributed by atoms with Gasteiger partial charge in [-0.1, -0.05) is 12.1 Å². The minimum Gasteiger partial charge on any atom is -0.467 e. The molecule has 1 unspecified atom stereocenters. The molecule has 1 aromatic heterocycles. The molecule has 0 saturated carbocycles. The summed E-state index contributed by atoms with van der Waals surface area (Å²) < 4.78 is 17.9. The highest BCUT2D eigenvalue weighted by atomic mass is 19.1. The molecular formula is C12H11FO2. The number of aliphatic hydroxyl groups excluding tert-OH is 1. The van der Waals surface area contributed by atoms with Gasteiger partial charge in [-0.05, 0) is 29.8 Å². The smallest absolute Gasteiger partial charge is 0.132 e. The van der Waals surface area contributed by atoms with E-state index in [1.807, 2.05) is 0 Å². The van der Waals surface area contributed by atoms with Gasteiger partial charge in [0.1, 0.15) is 17.7 Å². The van der Waals surface area contributed by atoms with Crippen LogP contribution in [0.15, 0.2) is 47.1 Å². The van der Waals surface area contributed by atoms with Crippen LogP contribution in [0.2, 0.25) is 0 Å². The predicted octanol–water partition coefficient (Wildman–Crippen LogP) is 2.69. The molecule has 1 N–H and O–H groups in total. The summed E-state index contributed by atoms with van der Waals surface area (Å²) in [5, 5.41) is 9.74. The van der Waals surface area contributed by atoms with E-state index in [2.05, 4.69) is 0 Å². The molecule has 2 aromatic rings. The molecule has 0 radical (unpaired) electrons. The lowest BCUT2D eigenvalue weighted by atomic mass is 10.1. The highest BCUT2D eigenvalue weighted by Gasteiger charge is 2.11. The first-order valence-corrected chi connectivity index (χ1v) is 4.71. The van der Waals surface area contributed by atoms with Crippen molar-refractivity contribution in [1.82, 2.24) is 0 Å². The molecule has 0 aliphatic carbocycles. The van der Waals surface area contributed by atoms with Crippen molar-refractivity contribution in [3.63, 3.8) is 0 Å². The Balaban J connectivity index is 2.09. The summed E-state index contributed by atoms with van der Waals surface area (Å²) in [5.74, 6) is 0.207. The maximum absolute atomic E-state index is 12.9. The molecule has 1 heterocycles. The minimum absolute atomic E-state index is 0.292. The lowest BCUT2D eigenvalue weighted by Gasteiger charge is -2.07. The summed E-state index contributed by atoms with van der Waals surface area (Å²) in [4.78, 5) is 0. The van der Waals surface area contributed by atoms with E-state index in [-0.39, 0.29) is 5.82 Å². The van der Waals surface area contributed by atoms with Gasteiger partial charge in [-0.15, -0.1) is 0 Å². The van der Waals surface area contributed by atoms with Gasteiger partial charge in [-0.3, -0.25) is 0 Å². The second kappa shape index (κ2) is 4.28. The molecule has 1 aromatic carbocycles. The first-order valence-electron chi connectivity index (χ1n) is 4.71. The van der Waals surface area contributed by atoms with Gasteiger partial charge in [0.25, 0.3) is 0 Å². The Morgan fingerprint density at radius 1 is 1.27 bits per heavy atom. The maximum Gasteiger partial charge on any atom is 0.132 e. The summed E-state index contributed by atoms with van der Waals surface area (Å²) in [6.07, 6.45) is 1.14. The van der Waals surface area contributed by atoms with Gasteiger partial charge >= 0.3 is 0 Å². The normalized spacial score (nSPS) is 12.7. The van der Waals surface area contributed by atoms with Crippen molar-refractivity contribution >= 4 is 0 Å². The van der Waals surface area contributed by atoms with Crippen LogP contribution < -0.4 is 0 Å². The van der Waals surface area contributed by atoms with Gasteiger partial charge < -0.3 is 9.52 Å². The van der Waals surface area contributed by atoms with E-state index >= 15 is 0 Å². The number of halogens is 1. The fourth-order valence-electron chi connectivity index (χ4n) is 1.47. The zero-order valence-electron chi connectivity index (χ0n) is 8.06. The van der Waals surface area contributed by atoms with E-state index in [9.17, 15) is 9.50 Å². The van der Waals surface area contributed by atoms with E-state index < -0.39 is 6.10 Å². The summed E-state index contributed by atoms with van der Waals surface area (Å²) in [6.45, 7) is 0. The zero-order chi connectivity index (χ0) is 10.7. The third-order valence-electron chi connectivity index (χ3n) is 2.19. The van der Waals surface area contributed by atoms with Gasteiger partial charge in [-0.2, -0.15) is 0 Å². The third kappa shape index (κ3) is 2.44. The number of furan rings is 1. The Hall–Kier alpha value is -1.61. The van der Waals surface area contributed by atoms with Crippen molar-refractivity contribution in [2.24, 2.45) is 0 Å². The number of benzene rings is 1. The van der Waals surface area contributed by atoms with Crippen LogP contribution in [0.3, 0.4) is 0 Å². The molecular weight excluding hydrogens is 195 g/mol. The van der Waals surface area contributed by atoms with Crippen LogP contribution in [-0.2, 0) is 6.42 Å². The maximum atomic E-state index is 12.9. The van der Waals surface area contributed by atoms with Crippen molar-refractivity contribution < 1.29 is 13.9 Å². The molecule has 3 heteroatoms. The standard InChI is InChI=1S/C12H11FO2/c13-10-4-1-3-9(7-10)8-11(14)12-5-2-6-15-12/h1-7,11,14H,8H2. The van der Waals surface area contributed by atoms with Gasteiger partial charge in [0.2, 0.25) is 0 Å². The first kappa shape index (κ1) is 9.93. The van der Waals surface area contributed by atoms with Crippen molar-refractivity contribution in [2.75, 3.05) is 0 Å². The largest absolute Gasteiger partial charge is 0.467 e. The Kier molecular flexibility index (Phi) is 2.83. The number of hydrogen-bond donors (Lipinski definition) is 1. The van der Waals surface area contributed by atoms with Crippen LogP contribution in [0, 0.1) is 5.82 Å². The van der Waals surface area contributed by atoms with E-state index in [4.69, 9.17) is 4.42 Å². The fraction of sp³-hybridized carbons (Fsp3) is 0.167. The molecule has 2 rings (SSSR count). The number of hydrogen-bond acceptors (Lipinski definition) is 2. The SMILES string of the molecule is OC(Cc1cccc(F)c1)c1ccco1. The van der Waals surface area contributed by atoms with Gasteiger partial charge in [0.15, 0.2) is 0 Å². The molecule has 0 bridgehead atoms. The average Bonchev–Trinajstić information content (AvgIpc) is 2.70. The van der Waals surface area contributed by atoms with Crippen LogP contribution in [0.4, 0.5) is 4.39 Å². The zero-order valence-corrected chi connectivity index (χ0v) is 8.06. The molecule has 2 nitrogen and oxygen atoms in total. The quantitative estimate of drug-likeness (QED) is 0.837. The predicted molar refractivity (Wildman–Crippen MR) is 53.8 cm³/mol. The molecule has 15 heavy (non-hydrogen) atoms. The van der Waals surface area contributed by atoms with E-state index in [0.29, 0.717) is 12.2 Å². The number of rotatable bonds is 3. The van der Waals surface area contributed by atoms with Gasteiger partial charge in [0.05, 0.1) is 6.26 Å². The van der Waals surface area contributed by atoms with Crippen LogP contribution in [0.1, 0.15) is 17.4 Å². The van der Waals surface area contributed by atoms with Crippen molar-refractivity contribution in [2.45, 2.75) is 12.5 Å². The highest BCUT2D eigenvalue weighted by molar-refractivity contribution is 5.18. The lowest BCUT2D eigenvalue weighted by Crippen LogP contribution is -2.00. The molecule has 0 aliphatic rings. The molecule has 0 saturated heterocycles. The summed E-state index contributed by atoms with van der Waals surface area (Å²) in [7, 11) is 0. The summed E-state index contributed by atoms with van der Waals surface area (Å²) >= 11 is 0. The lowest BCUT2D eigenvalue weighted by molar-refractivity contribution is 0.150. The van der Waals surface area contributed by atoms with Crippen LogP contribution in [0.5, 0.6) is 0 Å². The highest BCUT2D eigenvalue weighted by Crippen LogP contribution is 2.18. The summed E-state index contributed by atoms with van der Waals surface area (Å²) in [6, 6.07) is 9.60. The first-order chi connectivity index (χ1) is 7.25. The molecule has 0 aliphatic heterocycles. The Bertz CT molecular complexity index is 423. The van der Waals surface area contributed by atoms with Gasteiger partial charge in [-0.25, -0.2) is 4.39 Å². The molecule has 1 atom stereocenters. The average molecular weight is 206 g/mol. The van der Waals surface area contributed by atoms with E-state index in [1.165, 1.54) is 18.4 Å². The second-order valence-corrected chi connectivity index (χ2v) is 3.37. The third-order valence-corrected chi connectivity index (χ3v) is 2.19. The number of aliphatic hydroxyl groups is 1. The Labute approximate surface area is 87.0 Å². The van der Waals surface area contributed by atoms with Crippen LogP contribution >= 0.6 is 0 Å². The Morgan fingerprint density at radius 2 is 2.13 bits per heavy atom. The van der Waals surface area contributed by atoms with Crippen molar-refractivity contribution in [1.29, 1.82) is 0 Å². The molecule has 0 fully saturated rings. The molecule has 78 valence electrons. The molecule has 0 spiro atoms. The van der Waals surface area contributed by atoms with E-state index in [1.54, 1.807) is 24.3 Å². The van der Waals surface area contributed by atoms with Crippen molar-refractivity contribution in [3.05, 3.63) is 59.8 Å². The topological polar surface area (TPSA) is 33.4 Å². The van der Waals surface area contributed by atoms with Crippen LogP contribution in [0.25, 0.3) is 0 Å². The minimum atomic E-state index is -0.721. The van der Waals surface area contributed by atoms with Gasteiger partial charge in [0, 0.05) is 6.42 Å². The monoisotopic (exact) mass is 206 g/mol. The van der Waals surface area contributed by atoms with E-state index in [0.717, 1.165) is 5.56 Å². The van der Waals surface area contributed by atoms with Crippen molar-refractivity contribution in [3.8, 4) is 0 Å². The second-order valence-electron chi connectivity index (χ2n) is 3.37. The van der Waals surface area contributed by atoms with Crippen LogP contribution in [-0.4, -0.2) is 5.11 Å². The Morgan fingerprint density at radius 3 is 2.80 bits per heavy atom. The fourth-order valence-corrected chi connectivity index (χ4v) is 1.47. The molecule has 0 amide bonds. The summed E-state index contributed by atoms with van der Waals surface area (Å²) in [5.41, 5.74) is 0.749.